The topological polar surface area (TPSA) is 41.0 Å². The first kappa shape index (κ1) is 14.7. The second-order valence-corrected chi connectivity index (χ2v) is 7.11. The molecule has 0 atom stereocenters. The zero-order valence-corrected chi connectivity index (χ0v) is 13.6. The Morgan fingerprint density at radius 1 is 1.37 bits per heavy atom. The summed E-state index contributed by atoms with van der Waals surface area (Å²) in [5.74, 6) is 1.80. The Hall–Kier alpha value is -0.680. The quantitative estimate of drug-likeness (QED) is 0.927. The normalized spacial score (nSPS) is 17.8. The largest absolute Gasteiger partial charge is 0.356 e. The van der Waals surface area contributed by atoms with Crippen LogP contribution in [0.2, 0.25) is 0 Å². The molecule has 0 aromatic carbocycles. The molecule has 1 aliphatic rings. The van der Waals surface area contributed by atoms with Crippen molar-refractivity contribution in [2.75, 3.05) is 24.5 Å². The number of hydrogen-bond acceptors (Lipinski definition) is 4. The molecule has 1 fully saturated rings. The summed E-state index contributed by atoms with van der Waals surface area (Å²) < 4.78 is 0.987. The minimum absolute atomic E-state index is 0.215. The van der Waals surface area contributed by atoms with Gasteiger partial charge in [0.25, 0.3) is 0 Å². The summed E-state index contributed by atoms with van der Waals surface area (Å²) in [6.07, 6.45) is 5.88. The van der Waals surface area contributed by atoms with Crippen molar-refractivity contribution in [2.24, 2.45) is 5.92 Å². The Morgan fingerprint density at radius 2 is 2.05 bits per heavy atom. The Bertz CT molecular complexity index is 408. The van der Waals surface area contributed by atoms with Crippen molar-refractivity contribution in [1.82, 2.24) is 15.3 Å². The number of rotatable bonds is 3. The number of hydrogen-bond donors (Lipinski definition) is 1. The fourth-order valence-corrected chi connectivity index (χ4v) is 2.81. The predicted octanol–water partition coefficient (Wildman–Crippen LogP) is 2.84. The Balaban J connectivity index is 1.84. The van der Waals surface area contributed by atoms with Gasteiger partial charge >= 0.3 is 0 Å². The van der Waals surface area contributed by atoms with E-state index in [1.165, 1.54) is 12.8 Å². The van der Waals surface area contributed by atoms with Crippen LogP contribution in [-0.4, -0.2) is 35.1 Å². The van der Waals surface area contributed by atoms with E-state index in [-0.39, 0.29) is 5.54 Å². The van der Waals surface area contributed by atoms with Gasteiger partial charge in [0.05, 0.1) is 4.47 Å². The highest BCUT2D eigenvalue weighted by atomic mass is 79.9. The van der Waals surface area contributed by atoms with Crippen LogP contribution < -0.4 is 10.2 Å². The first-order valence-electron chi connectivity index (χ1n) is 6.91. The Kier molecular flexibility index (Phi) is 4.79. The molecule has 5 heteroatoms. The first-order chi connectivity index (χ1) is 8.96. The highest BCUT2D eigenvalue weighted by Crippen LogP contribution is 2.26. The van der Waals surface area contributed by atoms with Crippen LogP contribution in [0.1, 0.15) is 33.6 Å². The second kappa shape index (κ2) is 6.18. The number of nitrogens with one attached hydrogen (secondary N) is 1. The average Bonchev–Trinajstić information content (AvgIpc) is 2.37. The lowest BCUT2D eigenvalue weighted by Crippen LogP contribution is -2.43. The van der Waals surface area contributed by atoms with E-state index in [0.717, 1.165) is 35.8 Å². The fourth-order valence-electron chi connectivity index (χ4n) is 2.34. The van der Waals surface area contributed by atoms with Crippen molar-refractivity contribution in [3.63, 3.8) is 0 Å². The van der Waals surface area contributed by atoms with Crippen LogP contribution in [0.15, 0.2) is 17.0 Å². The van der Waals surface area contributed by atoms with Gasteiger partial charge in [0.15, 0.2) is 0 Å². The molecule has 4 nitrogen and oxygen atoms in total. The summed E-state index contributed by atoms with van der Waals surface area (Å²) in [4.78, 5) is 10.7. The standard InChI is InChI=1S/C14H23BrN4/c1-14(2,3)18-8-11-4-6-19(7-5-11)13-12(15)9-16-10-17-13/h9-11,18H,4-8H2,1-3H3. The van der Waals surface area contributed by atoms with Crippen LogP contribution in [-0.2, 0) is 0 Å². The van der Waals surface area contributed by atoms with Gasteiger partial charge < -0.3 is 10.2 Å². The van der Waals surface area contributed by atoms with Crippen LogP contribution in [0, 0.1) is 5.92 Å². The van der Waals surface area contributed by atoms with Crippen LogP contribution in [0.5, 0.6) is 0 Å². The van der Waals surface area contributed by atoms with E-state index in [1.807, 2.05) is 6.20 Å². The highest BCUT2D eigenvalue weighted by Gasteiger charge is 2.22. The zero-order valence-electron chi connectivity index (χ0n) is 12.0. The smallest absolute Gasteiger partial charge is 0.146 e. The minimum Gasteiger partial charge on any atom is -0.356 e. The molecule has 0 unspecified atom stereocenters. The van der Waals surface area contributed by atoms with E-state index in [0.29, 0.717) is 0 Å². The van der Waals surface area contributed by atoms with E-state index in [9.17, 15) is 0 Å². The molecule has 106 valence electrons. The van der Waals surface area contributed by atoms with Gasteiger partial charge in [0.1, 0.15) is 12.1 Å². The fraction of sp³-hybridized carbons (Fsp3) is 0.714. The summed E-state index contributed by atoms with van der Waals surface area (Å²) in [5, 5.41) is 3.60. The van der Waals surface area contributed by atoms with Crippen LogP contribution in [0.4, 0.5) is 5.82 Å². The van der Waals surface area contributed by atoms with Gasteiger partial charge in [-0.2, -0.15) is 0 Å². The van der Waals surface area contributed by atoms with Gasteiger partial charge in [-0.1, -0.05) is 0 Å². The monoisotopic (exact) mass is 326 g/mol. The van der Waals surface area contributed by atoms with Crippen molar-refractivity contribution in [1.29, 1.82) is 0 Å². The molecule has 0 aliphatic carbocycles. The summed E-state index contributed by atoms with van der Waals surface area (Å²) >= 11 is 3.52. The SMILES string of the molecule is CC(C)(C)NCC1CCN(c2ncncc2Br)CC1. The van der Waals surface area contributed by atoms with Crippen molar-refractivity contribution in [3.05, 3.63) is 17.0 Å². The van der Waals surface area contributed by atoms with Gasteiger partial charge in [-0.05, 0) is 62.0 Å². The summed E-state index contributed by atoms with van der Waals surface area (Å²) in [7, 11) is 0. The maximum Gasteiger partial charge on any atom is 0.146 e. The van der Waals surface area contributed by atoms with Crippen molar-refractivity contribution in [2.45, 2.75) is 39.2 Å². The first-order valence-corrected chi connectivity index (χ1v) is 7.70. The van der Waals surface area contributed by atoms with E-state index in [1.54, 1.807) is 6.33 Å². The summed E-state index contributed by atoms with van der Waals surface area (Å²) in [6, 6.07) is 0. The van der Waals surface area contributed by atoms with E-state index in [2.05, 4.69) is 56.9 Å². The molecule has 19 heavy (non-hydrogen) atoms. The van der Waals surface area contributed by atoms with Crippen LogP contribution >= 0.6 is 15.9 Å². The molecule has 1 aromatic heterocycles. The molecule has 0 radical (unpaired) electrons. The lowest BCUT2D eigenvalue weighted by atomic mass is 9.95. The third-order valence-electron chi connectivity index (χ3n) is 3.48. The van der Waals surface area contributed by atoms with Crippen molar-refractivity contribution >= 4 is 21.7 Å². The molecule has 0 bridgehead atoms. The van der Waals surface area contributed by atoms with E-state index < -0.39 is 0 Å². The summed E-state index contributed by atoms with van der Waals surface area (Å²) in [6.45, 7) is 9.93. The Morgan fingerprint density at radius 3 is 2.63 bits per heavy atom. The second-order valence-electron chi connectivity index (χ2n) is 6.26. The maximum atomic E-state index is 4.36. The molecule has 0 saturated carbocycles. The zero-order chi connectivity index (χ0) is 13.9. The van der Waals surface area contributed by atoms with E-state index >= 15 is 0 Å². The predicted molar refractivity (Wildman–Crippen MR) is 82.4 cm³/mol. The molecule has 1 saturated heterocycles. The third-order valence-corrected chi connectivity index (χ3v) is 4.04. The molecule has 0 spiro atoms. The summed E-state index contributed by atoms with van der Waals surface area (Å²) in [5.41, 5.74) is 0.215. The number of anilines is 1. The number of piperidine rings is 1. The van der Waals surface area contributed by atoms with Crippen molar-refractivity contribution < 1.29 is 0 Å². The van der Waals surface area contributed by atoms with Gasteiger partial charge in [-0.15, -0.1) is 0 Å². The molecule has 0 amide bonds. The highest BCUT2D eigenvalue weighted by molar-refractivity contribution is 9.10. The average molecular weight is 327 g/mol. The molecular formula is C14H23BrN4. The van der Waals surface area contributed by atoms with Gasteiger partial charge in [-0.25, -0.2) is 9.97 Å². The molecule has 1 N–H and O–H groups in total. The van der Waals surface area contributed by atoms with Crippen LogP contribution in [0.3, 0.4) is 0 Å². The minimum atomic E-state index is 0.215. The third kappa shape index (κ3) is 4.42. The number of aromatic nitrogens is 2. The van der Waals surface area contributed by atoms with Gasteiger partial charge in [0, 0.05) is 24.8 Å². The number of halogens is 1. The molecule has 2 heterocycles. The van der Waals surface area contributed by atoms with Crippen molar-refractivity contribution in [3.8, 4) is 0 Å². The van der Waals surface area contributed by atoms with Gasteiger partial charge in [0.2, 0.25) is 0 Å². The van der Waals surface area contributed by atoms with Gasteiger partial charge in [-0.3, -0.25) is 0 Å². The lowest BCUT2D eigenvalue weighted by molar-refractivity contribution is 0.328. The van der Waals surface area contributed by atoms with Crippen LogP contribution in [0.25, 0.3) is 0 Å². The lowest BCUT2D eigenvalue weighted by Gasteiger charge is -2.34. The van der Waals surface area contributed by atoms with E-state index in [4.69, 9.17) is 0 Å². The molecule has 2 rings (SSSR count). The maximum absolute atomic E-state index is 4.36. The number of nitrogens with zero attached hydrogens (tertiary/aromatic N) is 3. The molecule has 1 aliphatic heterocycles. The molecule has 1 aromatic rings. The Labute approximate surface area is 124 Å². The molecular weight excluding hydrogens is 304 g/mol.